The van der Waals surface area contributed by atoms with Gasteiger partial charge in [-0.05, 0) is 17.9 Å². The van der Waals surface area contributed by atoms with Crippen LogP contribution in [0.1, 0.15) is 23.3 Å². The molecule has 2 rings (SSSR count). The van der Waals surface area contributed by atoms with Crippen molar-refractivity contribution in [3.05, 3.63) is 28.6 Å². The van der Waals surface area contributed by atoms with Crippen LogP contribution >= 0.6 is 22.7 Å². The van der Waals surface area contributed by atoms with Gasteiger partial charge in [0.2, 0.25) is 0 Å². The molecular formula is C12H12N2O3S2. The van der Waals surface area contributed by atoms with Gasteiger partial charge in [0.1, 0.15) is 10.7 Å². The summed E-state index contributed by atoms with van der Waals surface area (Å²) in [4.78, 5) is 27.4. The Morgan fingerprint density at radius 2 is 2.21 bits per heavy atom. The highest BCUT2D eigenvalue weighted by atomic mass is 32.1. The lowest BCUT2D eigenvalue weighted by atomic mass is 10.3. The number of thiophene rings is 1. The summed E-state index contributed by atoms with van der Waals surface area (Å²) in [5.41, 5.74) is 0.378. The van der Waals surface area contributed by atoms with E-state index < -0.39 is 5.97 Å². The van der Waals surface area contributed by atoms with E-state index in [4.69, 9.17) is 5.11 Å². The molecule has 7 heteroatoms. The van der Waals surface area contributed by atoms with Crippen molar-refractivity contribution in [2.24, 2.45) is 0 Å². The second-order valence-corrected chi connectivity index (χ2v) is 5.57. The van der Waals surface area contributed by atoms with Crippen LogP contribution in [0.4, 0.5) is 0 Å². The number of aromatic nitrogens is 1. The van der Waals surface area contributed by atoms with Crippen LogP contribution in [0, 0.1) is 0 Å². The largest absolute Gasteiger partial charge is 0.481 e. The van der Waals surface area contributed by atoms with E-state index in [1.807, 2.05) is 17.5 Å². The molecule has 2 aromatic rings. The summed E-state index contributed by atoms with van der Waals surface area (Å²) >= 11 is 3.00. The smallest absolute Gasteiger partial charge is 0.303 e. The van der Waals surface area contributed by atoms with Crippen LogP contribution < -0.4 is 5.32 Å². The zero-order chi connectivity index (χ0) is 13.7. The molecule has 5 nitrogen and oxygen atoms in total. The van der Waals surface area contributed by atoms with E-state index >= 15 is 0 Å². The van der Waals surface area contributed by atoms with Gasteiger partial charge < -0.3 is 10.4 Å². The predicted molar refractivity (Wildman–Crippen MR) is 74.6 cm³/mol. The van der Waals surface area contributed by atoms with Crippen molar-refractivity contribution in [3.63, 3.8) is 0 Å². The number of hydrogen-bond donors (Lipinski definition) is 2. The first-order valence-electron chi connectivity index (χ1n) is 5.66. The summed E-state index contributed by atoms with van der Waals surface area (Å²) in [5, 5.41) is 15.6. The molecule has 0 aliphatic carbocycles. The monoisotopic (exact) mass is 296 g/mol. The Hall–Kier alpha value is -1.73. The number of nitrogens with zero attached hydrogens (tertiary/aromatic N) is 1. The molecule has 0 aliphatic rings. The third-order valence-electron chi connectivity index (χ3n) is 2.32. The molecular weight excluding hydrogens is 284 g/mol. The molecule has 0 atom stereocenters. The fourth-order valence-electron chi connectivity index (χ4n) is 1.42. The number of thiazole rings is 1. The molecule has 0 spiro atoms. The van der Waals surface area contributed by atoms with Gasteiger partial charge in [0.15, 0.2) is 0 Å². The number of rotatable bonds is 6. The van der Waals surface area contributed by atoms with E-state index in [0.717, 1.165) is 9.88 Å². The summed E-state index contributed by atoms with van der Waals surface area (Å²) in [6.07, 6.45) is 0.473. The van der Waals surface area contributed by atoms with Crippen LogP contribution in [0.5, 0.6) is 0 Å². The molecule has 1 amide bonds. The summed E-state index contributed by atoms with van der Waals surface area (Å²) in [6, 6.07) is 3.89. The van der Waals surface area contributed by atoms with Gasteiger partial charge in [0.05, 0.1) is 4.88 Å². The van der Waals surface area contributed by atoms with E-state index in [2.05, 4.69) is 10.3 Å². The van der Waals surface area contributed by atoms with E-state index in [9.17, 15) is 9.59 Å². The van der Waals surface area contributed by atoms with Crippen molar-refractivity contribution in [2.75, 3.05) is 6.54 Å². The Labute approximate surface area is 117 Å². The molecule has 100 valence electrons. The van der Waals surface area contributed by atoms with Crippen LogP contribution in [0.2, 0.25) is 0 Å². The summed E-state index contributed by atoms with van der Waals surface area (Å²) in [5.74, 6) is -1.12. The predicted octanol–water partition coefficient (Wildman–Crippen LogP) is 2.47. The molecule has 0 radical (unpaired) electrons. The molecule has 2 heterocycles. The molecule has 19 heavy (non-hydrogen) atoms. The first-order valence-corrected chi connectivity index (χ1v) is 7.42. The van der Waals surface area contributed by atoms with Gasteiger partial charge in [0, 0.05) is 18.3 Å². The number of nitrogens with one attached hydrogen (secondary N) is 1. The number of carboxylic acid groups (broad SMARTS) is 1. The third kappa shape index (κ3) is 3.87. The number of aliphatic carboxylic acids is 1. The van der Waals surface area contributed by atoms with Gasteiger partial charge >= 0.3 is 5.97 Å². The van der Waals surface area contributed by atoms with Crippen LogP contribution in [-0.2, 0) is 4.79 Å². The van der Waals surface area contributed by atoms with Crippen molar-refractivity contribution >= 4 is 34.6 Å². The SMILES string of the molecule is O=C(O)CCCNC(=O)c1csc(-c2cccs2)n1. The molecule has 2 aromatic heterocycles. The van der Waals surface area contributed by atoms with Crippen molar-refractivity contribution in [3.8, 4) is 9.88 Å². The van der Waals surface area contributed by atoms with Gasteiger partial charge in [-0.25, -0.2) is 4.98 Å². The van der Waals surface area contributed by atoms with Gasteiger partial charge in [-0.15, -0.1) is 22.7 Å². The average Bonchev–Trinajstić information content (AvgIpc) is 3.03. The number of carbonyl (C=O) groups is 2. The topological polar surface area (TPSA) is 79.3 Å². The number of carbonyl (C=O) groups excluding carboxylic acids is 1. The van der Waals surface area contributed by atoms with E-state index in [0.29, 0.717) is 18.7 Å². The van der Waals surface area contributed by atoms with Gasteiger partial charge in [-0.2, -0.15) is 0 Å². The molecule has 0 saturated carbocycles. The van der Waals surface area contributed by atoms with Gasteiger partial charge in [-0.3, -0.25) is 9.59 Å². The van der Waals surface area contributed by atoms with Gasteiger partial charge in [-0.1, -0.05) is 6.07 Å². The molecule has 0 unspecified atom stereocenters. The Kier molecular flexibility index (Phi) is 4.64. The maximum atomic E-state index is 11.8. The summed E-state index contributed by atoms with van der Waals surface area (Å²) in [6.45, 7) is 0.344. The molecule has 0 aliphatic heterocycles. The van der Waals surface area contributed by atoms with Crippen molar-refractivity contribution < 1.29 is 14.7 Å². The highest BCUT2D eigenvalue weighted by molar-refractivity contribution is 7.20. The van der Waals surface area contributed by atoms with Crippen LogP contribution in [-0.4, -0.2) is 28.5 Å². The Bertz CT molecular complexity index is 563. The van der Waals surface area contributed by atoms with Crippen LogP contribution in [0.15, 0.2) is 22.9 Å². The second kappa shape index (κ2) is 6.44. The van der Waals surface area contributed by atoms with E-state index in [1.54, 1.807) is 16.7 Å². The fraction of sp³-hybridized carbons (Fsp3) is 0.250. The molecule has 0 aromatic carbocycles. The van der Waals surface area contributed by atoms with E-state index in [1.165, 1.54) is 11.3 Å². The Balaban J connectivity index is 1.88. The lowest BCUT2D eigenvalue weighted by molar-refractivity contribution is -0.137. The summed E-state index contributed by atoms with van der Waals surface area (Å²) in [7, 11) is 0. The van der Waals surface area contributed by atoms with E-state index in [-0.39, 0.29) is 12.3 Å². The molecule has 0 bridgehead atoms. The Morgan fingerprint density at radius 1 is 1.37 bits per heavy atom. The molecule has 0 saturated heterocycles. The maximum Gasteiger partial charge on any atom is 0.303 e. The highest BCUT2D eigenvalue weighted by Crippen LogP contribution is 2.27. The van der Waals surface area contributed by atoms with Crippen molar-refractivity contribution in [1.82, 2.24) is 10.3 Å². The normalized spacial score (nSPS) is 10.3. The van der Waals surface area contributed by atoms with Crippen molar-refractivity contribution in [1.29, 1.82) is 0 Å². The molecule has 2 N–H and O–H groups in total. The van der Waals surface area contributed by atoms with Crippen molar-refractivity contribution in [2.45, 2.75) is 12.8 Å². The number of carboxylic acids is 1. The lowest BCUT2D eigenvalue weighted by Gasteiger charge is -2.00. The quantitative estimate of drug-likeness (QED) is 0.803. The first-order chi connectivity index (χ1) is 9.16. The van der Waals surface area contributed by atoms with Gasteiger partial charge in [0.25, 0.3) is 5.91 Å². The Morgan fingerprint density at radius 3 is 2.89 bits per heavy atom. The first kappa shape index (κ1) is 13.7. The minimum Gasteiger partial charge on any atom is -0.481 e. The lowest BCUT2D eigenvalue weighted by Crippen LogP contribution is -2.25. The minimum atomic E-state index is -0.858. The zero-order valence-corrected chi connectivity index (χ0v) is 11.6. The van der Waals surface area contributed by atoms with Crippen LogP contribution in [0.25, 0.3) is 9.88 Å². The number of hydrogen-bond acceptors (Lipinski definition) is 5. The highest BCUT2D eigenvalue weighted by Gasteiger charge is 2.11. The maximum absolute atomic E-state index is 11.8. The zero-order valence-electron chi connectivity index (χ0n) is 9.96. The molecule has 0 fully saturated rings. The average molecular weight is 296 g/mol. The fourth-order valence-corrected chi connectivity index (χ4v) is 3.04. The number of amides is 1. The second-order valence-electron chi connectivity index (χ2n) is 3.77. The van der Waals surface area contributed by atoms with Crippen LogP contribution in [0.3, 0.4) is 0 Å². The summed E-state index contributed by atoms with van der Waals surface area (Å²) < 4.78 is 0. The third-order valence-corrected chi connectivity index (χ3v) is 4.20. The minimum absolute atomic E-state index is 0.0534. The standard InChI is InChI=1S/C12H12N2O3S2/c15-10(16)4-1-5-13-11(17)8-7-19-12(14-8)9-3-2-6-18-9/h2-3,6-7H,1,4-5H2,(H,13,17)(H,15,16).